The van der Waals surface area contributed by atoms with Crippen LogP contribution in [0.15, 0.2) is 0 Å². The van der Waals surface area contributed by atoms with Gasteiger partial charge >= 0.3 is 0 Å². The lowest BCUT2D eigenvalue weighted by molar-refractivity contribution is -0.133. The van der Waals surface area contributed by atoms with Crippen molar-refractivity contribution in [2.45, 2.75) is 18.9 Å². The lowest BCUT2D eigenvalue weighted by Crippen LogP contribution is -2.45. The molecule has 2 N–H and O–H groups in total. The number of nitrogens with zero attached hydrogens (tertiary/aromatic N) is 1. The molecule has 0 aliphatic carbocycles. The Morgan fingerprint density at radius 2 is 2.00 bits per heavy atom. The van der Waals surface area contributed by atoms with Crippen LogP contribution in [0.1, 0.15) is 12.8 Å². The quantitative estimate of drug-likeness (QED) is 0.451. The number of carbonyl (C=O) groups excluding carboxylic acids is 1. The van der Waals surface area contributed by atoms with E-state index in [0.29, 0.717) is 26.3 Å². The highest BCUT2D eigenvalue weighted by Crippen LogP contribution is 1.99. The Kier molecular flexibility index (Phi) is 9.44. The van der Waals surface area contributed by atoms with Gasteiger partial charge in [0, 0.05) is 40.3 Å². The van der Waals surface area contributed by atoms with Crippen molar-refractivity contribution >= 4 is 5.91 Å². The van der Waals surface area contributed by atoms with E-state index in [1.165, 1.54) is 0 Å². The second-order valence-electron chi connectivity index (χ2n) is 3.68. The molecule has 5 nitrogen and oxygen atoms in total. The smallest absolute Gasteiger partial charge is 0.240 e. The minimum atomic E-state index is -0.626. The van der Waals surface area contributed by atoms with Gasteiger partial charge in [-0.05, 0) is 6.42 Å². The number of terminal acetylenes is 1. The first kappa shape index (κ1) is 15.9. The highest BCUT2D eigenvalue weighted by molar-refractivity contribution is 5.81. The maximum Gasteiger partial charge on any atom is 0.240 e. The molecule has 98 valence electrons. The SMILES string of the molecule is C#CCC(N)C(=O)N(CCCOC)CCOC. The average molecular weight is 242 g/mol. The normalized spacial score (nSPS) is 11.9. The molecule has 0 bridgehead atoms. The minimum absolute atomic E-state index is 0.129. The van der Waals surface area contributed by atoms with E-state index < -0.39 is 6.04 Å². The molecule has 0 aromatic carbocycles. The van der Waals surface area contributed by atoms with Crippen LogP contribution in [-0.2, 0) is 14.3 Å². The number of carbonyl (C=O) groups is 1. The van der Waals surface area contributed by atoms with Crippen molar-refractivity contribution < 1.29 is 14.3 Å². The zero-order valence-corrected chi connectivity index (χ0v) is 10.6. The number of hydrogen-bond acceptors (Lipinski definition) is 4. The van der Waals surface area contributed by atoms with Crippen LogP contribution in [0.3, 0.4) is 0 Å². The molecule has 0 saturated heterocycles. The molecule has 0 heterocycles. The Bertz CT molecular complexity index is 251. The Morgan fingerprint density at radius 3 is 2.53 bits per heavy atom. The van der Waals surface area contributed by atoms with Gasteiger partial charge in [0.25, 0.3) is 0 Å². The van der Waals surface area contributed by atoms with Crippen LogP contribution in [0.5, 0.6) is 0 Å². The van der Waals surface area contributed by atoms with Gasteiger partial charge in [0.2, 0.25) is 5.91 Å². The third kappa shape index (κ3) is 6.95. The number of methoxy groups -OCH3 is 2. The molecule has 0 aliphatic rings. The van der Waals surface area contributed by atoms with Crippen molar-refractivity contribution in [3.05, 3.63) is 0 Å². The summed E-state index contributed by atoms with van der Waals surface area (Å²) in [6, 6.07) is -0.626. The van der Waals surface area contributed by atoms with Gasteiger partial charge < -0.3 is 20.1 Å². The summed E-state index contributed by atoms with van der Waals surface area (Å²) in [6.45, 7) is 2.23. The van der Waals surface area contributed by atoms with Crippen LogP contribution in [0.4, 0.5) is 0 Å². The van der Waals surface area contributed by atoms with Crippen LogP contribution >= 0.6 is 0 Å². The van der Waals surface area contributed by atoms with Gasteiger partial charge in [-0.15, -0.1) is 12.3 Å². The van der Waals surface area contributed by atoms with Gasteiger partial charge in [-0.2, -0.15) is 0 Å². The summed E-state index contributed by atoms with van der Waals surface area (Å²) < 4.78 is 9.91. The number of rotatable bonds is 9. The molecular formula is C12H22N2O3. The van der Waals surface area contributed by atoms with E-state index in [2.05, 4.69) is 5.92 Å². The second kappa shape index (κ2) is 10.1. The van der Waals surface area contributed by atoms with Crippen LogP contribution in [0.2, 0.25) is 0 Å². The molecule has 0 saturated carbocycles. The molecule has 0 rings (SSSR count). The Labute approximate surface area is 103 Å². The van der Waals surface area contributed by atoms with Crippen molar-refractivity contribution in [2.24, 2.45) is 5.73 Å². The Balaban J connectivity index is 4.23. The zero-order valence-electron chi connectivity index (χ0n) is 10.6. The van der Waals surface area contributed by atoms with Crippen LogP contribution < -0.4 is 5.73 Å². The van der Waals surface area contributed by atoms with E-state index in [1.807, 2.05) is 0 Å². The summed E-state index contributed by atoms with van der Waals surface area (Å²) in [7, 11) is 3.23. The third-order valence-corrected chi connectivity index (χ3v) is 2.31. The third-order valence-electron chi connectivity index (χ3n) is 2.31. The van der Waals surface area contributed by atoms with Crippen molar-refractivity contribution in [1.29, 1.82) is 0 Å². The van der Waals surface area contributed by atoms with E-state index in [9.17, 15) is 4.79 Å². The molecule has 1 amide bonds. The highest BCUT2D eigenvalue weighted by atomic mass is 16.5. The van der Waals surface area contributed by atoms with E-state index in [4.69, 9.17) is 21.6 Å². The fraction of sp³-hybridized carbons (Fsp3) is 0.750. The maximum absolute atomic E-state index is 11.9. The van der Waals surface area contributed by atoms with Crippen molar-refractivity contribution in [3.63, 3.8) is 0 Å². The van der Waals surface area contributed by atoms with E-state index in [-0.39, 0.29) is 12.3 Å². The minimum Gasteiger partial charge on any atom is -0.385 e. The molecule has 1 atom stereocenters. The van der Waals surface area contributed by atoms with Gasteiger partial charge in [-0.3, -0.25) is 4.79 Å². The lowest BCUT2D eigenvalue weighted by Gasteiger charge is -2.24. The van der Waals surface area contributed by atoms with Gasteiger partial charge in [0.05, 0.1) is 12.6 Å². The first-order valence-electron chi connectivity index (χ1n) is 5.63. The van der Waals surface area contributed by atoms with E-state index >= 15 is 0 Å². The van der Waals surface area contributed by atoms with Gasteiger partial charge in [-0.1, -0.05) is 0 Å². The molecule has 0 aromatic rings. The lowest BCUT2D eigenvalue weighted by atomic mass is 10.2. The number of nitrogens with two attached hydrogens (primary N) is 1. The molecule has 0 aliphatic heterocycles. The Morgan fingerprint density at radius 1 is 1.35 bits per heavy atom. The standard InChI is InChI=1S/C12H22N2O3/c1-4-6-11(13)12(15)14(8-10-17-3)7-5-9-16-2/h1,11H,5-10,13H2,2-3H3. The monoisotopic (exact) mass is 242 g/mol. The van der Waals surface area contributed by atoms with E-state index in [1.54, 1.807) is 19.1 Å². The van der Waals surface area contributed by atoms with Crippen molar-refractivity contribution in [2.75, 3.05) is 40.5 Å². The summed E-state index contributed by atoms with van der Waals surface area (Å²) in [4.78, 5) is 13.6. The Hall–Kier alpha value is -1.09. The number of amides is 1. The molecule has 0 fully saturated rings. The van der Waals surface area contributed by atoms with Crippen LogP contribution in [0.25, 0.3) is 0 Å². The van der Waals surface area contributed by atoms with Crippen molar-refractivity contribution in [1.82, 2.24) is 4.90 Å². The highest BCUT2D eigenvalue weighted by Gasteiger charge is 2.19. The summed E-state index contributed by atoms with van der Waals surface area (Å²) in [5.41, 5.74) is 5.70. The van der Waals surface area contributed by atoms with E-state index in [0.717, 1.165) is 6.42 Å². The molecule has 1 unspecified atom stereocenters. The molecule has 0 radical (unpaired) electrons. The maximum atomic E-state index is 11.9. The predicted molar refractivity (Wildman–Crippen MR) is 66.4 cm³/mol. The van der Waals surface area contributed by atoms with Crippen molar-refractivity contribution in [3.8, 4) is 12.3 Å². The zero-order chi connectivity index (χ0) is 13.1. The van der Waals surface area contributed by atoms with Gasteiger partial charge in [-0.25, -0.2) is 0 Å². The molecule has 17 heavy (non-hydrogen) atoms. The summed E-state index contributed by atoms with van der Waals surface area (Å²) in [6.07, 6.45) is 6.17. The topological polar surface area (TPSA) is 64.8 Å². The molecule has 0 spiro atoms. The molecule has 0 aromatic heterocycles. The second-order valence-corrected chi connectivity index (χ2v) is 3.68. The summed E-state index contributed by atoms with van der Waals surface area (Å²) >= 11 is 0. The number of hydrogen-bond donors (Lipinski definition) is 1. The summed E-state index contributed by atoms with van der Waals surface area (Å²) in [5, 5.41) is 0. The largest absolute Gasteiger partial charge is 0.385 e. The summed E-state index contributed by atoms with van der Waals surface area (Å²) in [5.74, 6) is 2.27. The predicted octanol–water partition coefficient (Wildman–Crippen LogP) is -0.151. The van der Waals surface area contributed by atoms with Gasteiger partial charge in [0.1, 0.15) is 0 Å². The fourth-order valence-corrected chi connectivity index (χ4v) is 1.38. The average Bonchev–Trinajstić information content (AvgIpc) is 2.33. The van der Waals surface area contributed by atoms with Gasteiger partial charge in [0.15, 0.2) is 0 Å². The van der Waals surface area contributed by atoms with Crippen LogP contribution in [-0.4, -0.2) is 57.4 Å². The fourth-order valence-electron chi connectivity index (χ4n) is 1.38. The van der Waals surface area contributed by atoms with Crippen LogP contribution in [0, 0.1) is 12.3 Å². The first-order chi connectivity index (χ1) is 8.17. The molecular weight excluding hydrogens is 220 g/mol. The molecule has 5 heteroatoms. The number of ether oxygens (including phenoxy) is 2. The first-order valence-corrected chi connectivity index (χ1v) is 5.63.